The van der Waals surface area contributed by atoms with Crippen LogP contribution in [-0.4, -0.2) is 37.6 Å². The van der Waals surface area contributed by atoms with Gasteiger partial charge in [-0.15, -0.1) is 0 Å². The Hall–Kier alpha value is -2.13. The average molecular weight is 470 g/mol. The van der Waals surface area contributed by atoms with E-state index in [0.717, 1.165) is 0 Å². The molecule has 0 unspecified atom stereocenters. The number of carbonyl (C=O) groups excluding carboxylic acids is 2. The minimum Gasteiger partial charge on any atom is -0.366 e. The van der Waals surface area contributed by atoms with Crippen LogP contribution in [0, 0.1) is 5.92 Å². The van der Waals surface area contributed by atoms with E-state index < -0.39 is 21.8 Å². The van der Waals surface area contributed by atoms with E-state index in [0.29, 0.717) is 30.6 Å². The highest BCUT2D eigenvalue weighted by molar-refractivity contribution is 7.88. The van der Waals surface area contributed by atoms with Crippen LogP contribution in [0.1, 0.15) is 28.8 Å². The van der Waals surface area contributed by atoms with Gasteiger partial charge in [0.05, 0.1) is 22.9 Å². The molecular formula is C20H21Cl2N3O4S. The second-order valence-electron chi connectivity index (χ2n) is 7.05. The van der Waals surface area contributed by atoms with Crippen molar-refractivity contribution in [3.05, 3.63) is 63.6 Å². The number of hydrogen-bond acceptors (Lipinski definition) is 4. The molecule has 1 heterocycles. The molecule has 1 atom stereocenters. The number of hydrogen-bond donors (Lipinski definition) is 2. The normalized spacial score (nSPS) is 17.5. The first-order chi connectivity index (χ1) is 14.2. The molecule has 30 heavy (non-hydrogen) atoms. The third kappa shape index (κ3) is 5.13. The Morgan fingerprint density at radius 3 is 2.43 bits per heavy atom. The van der Waals surface area contributed by atoms with Gasteiger partial charge in [0.2, 0.25) is 15.9 Å². The Balaban J connectivity index is 1.73. The molecular weight excluding hydrogens is 449 g/mol. The van der Waals surface area contributed by atoms with Crippen molar-refractivity contribution in [2.24, 2.45) is 11.7 Å². The smallest absolute Gasteiger partial charge is 0.250 e. The molecule has 10 heteroatoms. The van der Waals surface area contributed by atoms with Crippen LogP contribution in [0.2, 0.25) is 10.0 Å². The number of halogens is 2. The van der Waals surface area contributed by atoms with Crippen molar-refractivity contribution in [1.29, 1.82) is 0 Å². The molecule has 0 aliphatic carbocycles. The minimum absolute atomic E-state index is 0.0367. The monoisotopic (exact) mass is 469 g/mol. The molecule has 0 saturated carbocycles. The number of rotatable bonds is 6. The standard InChI is InChI=1S/C20H21Cl2N3O4S/c21-16-7-3-8-17(22)15(16)12-30(28,29)25-10-4-5-13(11-25)20(27)24-18-9-2-1-6-14(18)19(23)26/h1-3,6-9,13H,4-5,10-12H2,(H2,23,26)(H,24,27)/t13-/m0/s1. The Bertz CT molecular complexity index is 1060. The number of anilines is 1. The van der Waals surface area contributed by atoms with E-state index in [2.05, 4.69) is 5.32 Å². The van der Waals surface area contributed by atoms with Crippen molar-refractivity contribution < 1.29 is 18.0 Å². The van der Waals surface area contributed by atoms with E-state index in [1.807, 2.05) is 0 Å². The van der Waals surface area contributed by atoms with Gasteiger partial charge in [-0.1, -0.05) is 41.4 Å². The molecule has 1 aliphatic heterocycles. The summed E-state index contributed by atoms with van der Waals surface area (Å²) < 4.78 is 27.2. The van der Waals surface area contributed by atoms with Crippen LogP contribution < -0.4 is 11.1 Å². The summed E-state index contributed by atoms with van der Waals surface area (Å²) in [6.45, 7) is 0.348. The maximum absolute atomic E-state index is 12.9. The molecule has 0 spiro atoms. The predicted molar refractivity (Wildman–Crippen MR) is 117 cm³/mol. The van der Waals surface area contributed by atoms with E-state index in [1.54, 1.807) is 36.4 Å². The number of primary amides is 1. The maximum Gasteiger partial charge on any atom is 0.250 e. The highest BCUT2D eigenvalue weighted by atomic mass is 35.5. The largest absolute Gasteiger partial charge is 0.366 e. The van der Waals surface area contributed by atoms with Crippen molar-refractivity contribution in [1.82, 2.24) is 4.31 Å². The van der Waals surface area contributed by atoms with E-state index in [1.165, 1.54) is 10.4 Å². The van der Waals surface area contributed by atoms with Gasteiger partial charge in [-0.2, -0.15) is 0 Å². The van der Waals surface area contributed by atoms with Gasteiger partial charge in [0.25, 0.3) is 5.91 Å². The van der Waals surface area contributed by atoms with Crippen LogP contribution in [0.15, 0.2) is 42.5 Å². The van der Waals surface area contributed by atoms with Crippen molar-refractivity contribution >= 4 is 50.7 Å². The first-order valence-corrected chi connectivity index (χ1v) is 11.7. The van der Waals surface area contributed by atoms with Crippen molar-refractivity contribution in [2.75, 3.05) is 18.4 Å². The first kappa shape index (κ1) is 22.6. The summed E-state index contributed by atoms with van der Waals surface area (Å²) in [4.78, 5) is 24.3. The second-order valence-corrected chi connectivity index (χ2v) is 9.84. The lowest BCUT2D eigenvalue weighted by molar-refractivity contribution is -0.120. The summed E-state index contributed by atoms with van der Waals surface area (Å²) in [5.41, 5.74) is 6.18. The van der Waals surface area contributed by atoms with E-state index in [9.17, 15) is 18.0 Å². The van der Waals surface area contributed by atoms with Crippen LogP contribution in [0.25, 0.3) is 0 Å². The van der Waals surface area contributed by atoms with E-state index in [-0.39, 0.29) is 33.8 Å². The summed E-state index contributed by atoms with van der Waals surface area (Å²) >= 11 is 12.2. The number of piperidine rings is 1. The third-order valence-electron chi connectivity index (χ3n) is 4.99. The molecule has 2 aromatic rings. The SMILES string of the molecule is NC(=O)c1ccccc1NC(=O)[C@H]1CCCN(S(=O)(=O)Cc2c(Cl)cccc2Cl)C1. The van der Waals surface area contributed by atoms with Crippen LogP contribution in [0.5, 0.6) is 0 Å². The molecule has 3 rings (SSSR count). The number of para-hydroxylation sites is 1. The van der Waals surface area contributed by atoms with Crippen molar-refractivity contribution in [2.45, 2.75) is 18.6 Å². The molecule has 2 aromatic carbocycles. The Kier molecular flexibility index (Phi) is 7.02. The number of amides is 2. The zero-order valence-electron chi connectivity index (χ0n) is 16.0. The van der Waals surface area contributed by atoms with Gasteiger partial charge in [0.15, 0.2) is 0 Å². The fourth-order valence-electron chi connectivity index (χ4n) is 3.39. The number of nitrogens with one attached hydrogen (secondary N) is 1. The fraction of sp³-hybridized carbons (Fsp3) is 0.300. The van der Waals surface area contributed by atoms with Gasteiger partial charge in [-0.25, -0.2) is 12.7 Å². The fourth-order valence-corrected chi connectivity index (χ4v) is 5.76. The Morgan fingerprint density at radius 1 is 1.10 bits per heavy atom. The number of sulfonamides is 1. The number of carbonyl (C=O) groups is 2. The summed E-state index contributed by atoms with van der Waals surface area (Å²) in [5.74, 6) is -1.92. The number of nitrogens with two attached hydrogens (primary N) is 1. The maximum atomic E-state index is 12.9. The Labute approximate surface area is 185 Å². The first-order valence-electron chi connectivity index (χ1n) is 9.29. The zero-order chi connectivity index (χ0) is 21.9. The highest BCUT2D eigenvalue weighted by Gasteiger charge is 2.33. The average Bonchev–Trinajstić information content (AvgIpc) is 2.71. The van der Waals surface area contributed by atoms with Crippen LogP contribution in [0.3, 0.4) is 0 Å². The lowest BCUT2D eigenvalue weighted by Gasteiger charge is -2.31. The predicted octanol–water partition coefficient (Wildman–Crippen LogP) is 3.27. The summed E-state index contributed by atoms with van der Waals surface area (Å²) in [5, 5.41) is 3.25. The van der Waals surface area contributed by atoms with Gasteiger partial charge in [-0.3, -0.25) is 9.59 Å². The molecule has 7 nitrogen and oxygen atoms in total. The molecule has 0 radical (unpaired) electrons. The highest BCUT2D eigenvalue weighted by Crippen LogP contribution is 2.29. The van der Waals surface area contributed by atoms with Crippen LogP contribution >= 0.6 is 23.2 Å². The van der Waals surface area contributed by atoms with E-state index >= 15 is 0 Å². The summed E-state index contributed by atoms with van der Waals surface area (Å²) in [7, 11) is -3.73. The Morgan fingerprint density at radius 2 is 1.77 bits per heavy atom. The number of nitrogens with zero attached hydrogens (tertiary/aromatic N) is 1. The van der Waals surface area contributed by atoms with Crippen LogP contribution in [-0.2, 0) is 20.6 Å². The van der Waals surface area contributed by atoms with Crippen molar-refractivity contribution in [3.63, 3.8) is 0 Å². The molecule has 2 amide bonds. The quantitative estimate of drug-likeness (QED) is 0.675. The minimum atomic E-state index is -3.73. The van der Waals surface area contributed by atoms with Gasteiger partial charge in [0, 0.05) is 28.7 Å². The van der Waals surface area contributed by atoms with Crippen molar-refractivity contribution in [3.8, 4) is 0 Å². The van der Waals surface area contributed by atoms with Gasteiger partial charge < -0.3 is 11.1 Å². The third-order valence-corrected chi connectivity index (χ3v) is 7.47. The van der Waals surface area contributed by atoms with Crippen LogP contribution in [0.4, 0.5) is 5.69 Å². The lowest BCUT2D eigenvalue weighted by Crippen LogP contribution is -2.44. The molecule has 0 bridgehead atoms. The molecule has 160 valence electrons. The lowest BCUT2D eigenvalue weighted by atomic mass is 9.98. The van der Waals surface area contributed by atoms with Gasteiger partial charge in [-0.05, 0) is 37.1 Å². The summed E-state index contributed by atoms with van der Waals surface area (Å²) in [6.07, 6.45) is 1.06. The van der Waals surface area contributed by atoms with Gasteiger partial charge >= 0.3 is 0 Å². The molecule has 3 N–H and O–H groups in total. The topological polar surface area (TPSA) is 110 Å². The molecule has 1 saturated heterocycles. The number of benzene rings is 2. The zero-order valence-corrected chi connectivity index (χ0v) is 18.3. The summed E-state index contributed by atoms with van der Waals surface area (Å²) in [6, 6.07) is 11.2. The molecule has 1 fully saturated rings. The van der Waals surface area contributed by atoms with E-state index in [4.69, 9.17) is 28.9 Å². The molecule has 0 aromatic heterocycles. The van der Waals surface area contributed by atoms with Gasteiger partial charge in [0.1, 0.15) is 0 Å². The molecule has 1 aliphatic rings. The second kappa shape index (κ2) is 9.34.